The highest BCUT2D eigenvalue weighted by Gasteiger charge is 2.11. The summed E-state index contributed by atoms with van der Waals surface area (Å²) in [6, 6.07) is 12.2. The smallest absolute Gasteiger partial charge is 0.175 e. The SMILES string of the molecule is CS(=O)(=O)c1ccc(C(O)CNc2ccccc2F)cc1. The molecule has 0 amide bonds. The molecular weight excluding hydrogens is 293 g/mol. The molecule has 0 spiro atoms. The highest BCUT2D eigenvalue weighted by atomic mass is 32.2. The average molecular weight is 309 g/mol. The van der Waals surface area contributed by atoms with Crippen LogP contribution in [0.1, 0.15) is 11.7 Å². The van der Waals surface area contributed by atoms with Crippen LogP contribution in [0, 0.1) is 5.82 Å². The van der Waals surface area contributed by atoms with Gasteiger partial charge in [-0.25, -0.2) is 12.8 Å². The van der Waals surface area contributed by atoms with Crippen LogP contribution in [0.15, 0.2) is 53.4 Å². The fraction of sp³-hybridized carbons (Fsp3) is 0.200. The third-order valence-corrected chi connectivity index (χ3v) is 4.18. The average Bonchev–Trinajstić information content (AvgIpc) is 2.45. The summed E-state index contributed by atoms with van der Waals surface area (Å²) in [4.78, 5) is 0.195. The number of aliphatic hydroxyl groups is 1. The number of para-hydroxylation sites is 1. The van der Waals surface area contributed by atoms with E-state index in [-0.39, 0.29) is 11.4 Å². The van der Waals surface area contributed by atoms with Gasteiger partial charge in [0.25, 0.3) is 0 Å². The highest BCUT2D eigenvalue weighted by molar-refractivity contribution is 7.90. The Morgan fingerprint density at radius 2 is 1.76 bits per heavy atom. The number of aliphatic hydroxyl groups excluding tert-OH is 1. The van der Waals surface area contributed by atoms with Gasteiger partial charge in [-0.1, -0.05) is 24.3 Å². The quantitative estimate of drug-likeness (QED) is 0.890. The van der Waals surface area contributed by atoms with Crippen molar-refractivity contribution in [2.75, 3.05) is 18.1 Å². The van der Waals surface area contributed by atoms with E-state index in [1.54, 1.807) is 30.3 Å². The third kappa shape index (κ3) is 4.03. The van der Waals surface area contributed by atoms with E-state index in [0.29, 0.717) is 11.3 Å². The van der Waals surface area contributed by atoms with Gasteiger partial charge in [0.2, 0.25) is 0 Å². The van der Waals surface area contributed by atoms with Crippen LogP contribution < -0.4 is 5.32 Å². The summed E-state index contributed by atoms with van der Waals surface area (Å²) in [5.41, 5.74) is 0.871. The van der Waals surface area contributed by atoms with Crippen molar-refractivity contribution in [3.8, 4) is 0 Å². The Balaban J connectivity index is 2.04. The van der Waals surface area contributed by atoms with Crippen molar-refractivity contribution >= 4 is 15.5 Å². The van der Waals surface area contributed by atoms with Gasteiger partial charge < -0.3 is 10.4 Å². The number of hydrogen-bond donors (Lipinski definition) is 2. The third-order valence-electron chi connectivity index (χ3n) is 3.05. The number of benzene rings is 2. The van der Waals surface area contributed by atoms with E-state index in [9.17, 15) is 17.9 Å². The fourth-order valence-corrected chi connectivity index (χ4v) is 2.50. The second-order valence-electron chi connectivity index (χ2n) is 4.72. The van der Waals surface area contributed by atoms with E-state index in [1.807, 2.05) is 0 Å². The van der Waals surface area contributed by atoms with Gasteiger partial charge in [0.05, 0.1) is 16.7 Å². The first-order valence-corrected chi connectivity index (χ1v) is 8.23. The van der Waals surface area contributed by atoms with E-state index in [0.717, 1.165) is 6.26 Å². The van der Waals surface area contributed by atoms with Crippen LogP contribution in [0.5, 0.6) is 0 Å². The number of halogens is 1. The summed E-state index contributed by atoms with van der Waals surface area (Å²) in [5, 5.41) is 12.8. The first-order chi connectivity index (χ1) is 9.88. The minimum atomic E-state index is -3.25. The maximum Gasteiger partial charge on any atom is 0.175 e. The normalized spacial score (nSPS) is 12.9. The zero-order valence-electron chi connectivity index (χ0n) is 11.5. The van der Waals surface area contributed by atoms with Gasteiger partial charge in [0.1, 0.15) is 5.82 Å². The van der Waals surface area contributed by atoms with Crippen LogP contribution in [0.2, 0.25) is 0 Å². The van der Waals surface area contributed by atoms with Gasteiger partial charge in [-0.3, -0.25) is 0 Å². The van der Waals surface area contributed by atoms with Crippen LogP contribution in [0.3, 0.4) is 0 Å². The van der Waals surface area contributed by atoms with Crippen LogP contribution in [0.25, 0.3) is 0 Å². The van der Waals surface area contributed by atoms with Gasteiger partial charge in [-0.2, -0.15) is 0 Å². The van der Waals surface area contributed by atoms with E-state index in [1.165, 1.54) is 18.2 Å². The zero-order valence-corrected chi connectivity index (χ0v) is 12.3. The molecule has 0 aliphatic carbocycles. The standard InChI is InChI=1S/C15H16FNO3S/c1-21(19,20)12-8-6-11(7-9-12)15(18)10-17-14-5-3-2-4-13(14)16/h2-9,15,17-18H,10H2,1H3. The summed E-state index contributed by atoms with van der Waals surface area (Å²) in [7, 11) is -3.25. The van der Waals surface area contributed by atoms with Crippen LogP contribution in [-0.4, -0.2) is 26.3 Å². The molecule has 2 aromatic carbocycles. The molecule has 0 aliphatic rings. The van der Waals surface area contributed by atoms with Crippen molar-refractivity contribution < 1.29 is 17.9 Å². The molecule has 0 saturated carbocycles. The number of hydrogen-bond acceptors (Lipinski definition) is 4. The summed E-state index contributed by atoms with van der Waals surface area (Å²) < 4.78 is 36.1. The van der Waals surface area contributed by atoms with Crippen molar-refractivity contribution in [1.29, 1.82) is 0 Å². The first kappa shape index (κ1) is 15.5. The molecule has 112 valence electrons. The molecule has 0 saturated heterocycles. The summed E-state index contributed by atoms with van der Waals surface area (Å²) in [6.07, 6.45) is 0.260. The molecule has 0 radical (unpaired) electrons. The Labute approximate surface area is 123 Å². The molecule has 6 heteroatoms. The number of nitrogens with one attached hydrogen (secondary N) is 1. The molecular formula is C15H16FNO3S. The fourth-order valence-electron chi connectivity index (χ4n) is 1.87. The largest absolute Gasteiger partial charge is 0.387 e. The summed E-state index contributed by atoms with van der Waals surface area (Å²) in [6.45, 7) is 0.124. The molecule has 1 unspecified atom stereocenters. The minimum Gasteiger partial charge on any atom is -0.387 e. The number of rotatable bonds is 5. The van der Waals surface area contributed by atoms with Crippen molar-refractivity contribution in [2.24, 2.45) is 0 Å². The van der Waals surface area contributed by atoms with Gasteiger partial charge in [0, 0.05) is 12.8 Å². The molecule has 0 aromatic heterocycles. The molecule has 4 nitrogen and oxygen atoms in total. The van der Waals surface area contributed by atoms with Gasteiger partial charge >= 0.3 is 0 Å². The Morgan fingerprint density at radius 3 is 2.33 bits per heavy atom. The van der Waals surface area contributed by atoms with Crippen LogP contribution in [-0.2, 0) is 9.84 Å². The van der Waals surface area contributed by atoms with Gasteiger partial charge in [0.15, 0.2) is 9.84 Å². The van der Waals surface area contributed by atoms with E-state index in [4.69, 9.17) is 0 Å². The lowest BCUT2D eigenvalue weighted by Crippen LogP contribution is -2.13. The van der Waals surface area contributed by atoms with Crippen molar-refractivity contribution in [2.45, 2.75) is 11.0 Å². The summed E-state index contributed by atoms with van der Waals surface area (Å²) >= 11 is 0. The molecule has 0 heterocycles. The van der Waals surface area contributed by atoms with E-state index < -0.39 is 21.8 Å². The van der Waals surface area contributed by atoms with Gasteiger partial charge in [-0.05, 0) is 29.8 Å². The number of anilines is 1. The lowest BCUT2D eigenvalue weighted by Gasteiger charge is -2.14. The second-order valence-corrected chi connectivity index (χ2v) is 6.73. The highest BCUT2D eigenvalue weighted by Crippen LogP contribution is 2.18. The van der Waals surface area contributed by atoms with Crippen molar-refractivity contribution in [1.82, 2.24) is 0 Å². The Morgan fingerprint density at radius 1 is 1.14 bits per heavy atom. The van der Waals surface area contributed by atoms with Crippen molar-refractivity contribution in [3.63, 3.8) is 0 Å². The topological polar surface area (TPSA) is 66.4 Å². The molecule has 2 rings (SSSR count). The monoisotopic (exact) mass is 309 g/mol. The van der Waals surface area contributed by atoms with E-state index in [2.05, 4.69) is 5.32 Å². The second kappa shape index (κ2) is 6.24. The molecule has 21 heavy (non-hydrogen) atoms. The Kier molecular flexibility index (Phi) is 4.59. The lowest BCUT2D eigenvalue weighted by atomic mass is 10.1. The zero-order chi connectivity index (χ0) is 15.5. The minimum absolute atomic E-state index is 0.124. The molecule has 0 fully saturated rings. The summed E-state index contributed by atoms with van der Waals surface area (Å²) in [5.74, 6) is -0.392. The Bertz CT molecular complexity index is 714. The molecule has 0 aliphatic heterocycles. The van der Waals surface area contributed by atoms with Crippen LogP contribution >= 0.6 is 0 Å². The van der Waals surface area contributed by atoms with Gasteiger partial charge in [-0.15, -0.1) is 0 Å². The molecule has 1 atom stereocenters. The Hall–Kier alpha value is -1.92. The first-order valence-electron chi connectivity index (χ1n) is 6.34. The number of sulfone groups is 1. The maximum absolute atomic E-state index is 13.4. The lowest BCUT2D eigenvalue weighted by molar-refractivity contribution is 0.191. The van der Waals surface area contributed by atoms with Crippen LogP contribution in [0.4, 0.5) is 10.1 Å². The molecule has 0 bridgehead atoms. The molecule has 2 N–H and O–H groups in total. The maximum atomic E-state index is 13.4. The predicted octanol–water partition coefficient (Wildman–Crippen LogP) is 2.37. The molecule has 2 aromatic rings. The predicted molar refractivity (Wildman–Crippen MR) is 79.4 cm³/mol. The van der Waals surface area contributed by atoms with E-state index >= 15 is 0 Å². The van der Waals surface area contributed by atoms with Crippen molar-refractivity contribution in [3.05, 3.63) is 59.9 Å².